The molecule has 13 heteroatoms. The Morgan fingerprint density at radius 2 is 1.24 bits per heavy atom. The fourth-order valence-corrected chi connectivity index (χ4v) is 3.04. The number of carbonyl (C=O) groups is 2. The van der Waals surface area contributed by atoms with Crippen LogP contribution < -0.4 is 9.64 Å². The second-order valence-corrected chi connectivity index (χ2v) is 6.71. The lowest BCUT2D eigenvalue weighted by Crippen LogP contribution is -2.34. The first-order valence-electron chi connectivity index (χ1n) is 8.77. The van der Waals surface area contributed by atoms with Gasteiger partial charge in [0.15, 0.2) is 5.92 Å². The molecule has 1 aliphatic rings. The van der Waals surface area contributed by atoms with Crippen molar-refractivity contribution >= 4 is 17.5 Å². The van der Waals surface area contributed by atoms with E-state index in [2.05, 4.69) is 0 Å². The van der Waals surface area contributed by atoms with Gasteiger partial charge in [0, 0.05) is 12.2 Å². The number of nitrogens with zero attached hydrogens (tertiary/aromatic N) is 1. The molecule has 0 bridgehead atoms. The Kier molecular flexibility index (Phi) is 5.94. The second-order valence-electron chi connectivity index (χ2n) is 6.71. The van der Waals surface area contributed by atoms with E-state index in [9.17, 15) is 49.1 Å². The lowest BCUT2D eigenvalue weighted by Gasteiger charge is -2.23. The second kappa shape index (κ2) is 8.12. The van der Waals surface area contributed by atoms with Crippen LogP contribution in [0.1, 0.15) is 17.0 Å². The normalized spacial score (nSPS) is 15.0. The smallest absolute Gasteiger partial charge is 0.420 e. The molecule has 0 saturated carbocycles. The Hall–Kier alpha value is -3.51. The number of amides is 2. The maximum Gasteiger partial charge on any atom is 0.420 e. The lowest BCUT2D eigenvalue weighted by atomic mass is 9.98. The SMILES string of the molecule is O=C1C=CC(=O)N1c1ccc(Oc2ccc(C(C(F)(F)F)C(F)(F)F)cc2)c(C(F)(F)F)c1. The zero-order valence-corrected chi connectivity index (χ0v) is 15.8. The van der Waals surface area contributed by atoms with Crippen LogP contribution in [0, 0.1) is 0 Å². The number of hydrogen-bond donors (Lipinski definition) is 0. The van der Waals surface area contributed by atoms with E-state index in [0.29, 0.717) is 35.2 Å². The van der Waals surface area contributed by atoms with E-state index >= 15 is 0 Å². The molecule has 176 valence electrons. The molecule has 0 aliphatic carbocycles. The van der Waals surface area contributed by atoms with Crippen molar-refractivity contribution in [3.8, 4) is 11.5 Å². The highest BCUT2D eigenvalue weighted by Gasteiger charge is 2.57. The fraction of sp³-hybridized carbons (Fsp3) is 0.200. The Morgan fingerprint density at radius 3 is 1.70 bits per heavy atom. The summed E-state index contributed by atoms with van der Waals surface area (Å²) in [5.74, 6) is -6.86. The van der Waals surface area contributed by atoms with Gasteiger partial charge in [-0.05, 0) is 35.9 Å². The third kappa shape index (κ3) is 5.12. The predicted octanol–water partition coefficient (Wildman–Crippen LogP) is 6.14. The summed E-state index contributed by atoms with van der Waals surface area (Å²) in [5, 5.41) is 0. The van der Waals surface area contributed by atoms with Gasteiger partial charge in [0.1, 0.15) is 17.1 Å². The van der Waals surface area contributed by atoms with Crippen LogP contribution in [-0.2, 0) is 15.8 Å². The van der Waals surface area contributed by atoms with Gasteiger partial charge in [-0.3, -0.25) is 9.59 Å². The number of hydrogen-bond acceptors (Lipinski definition) is 3. The van der Waals surface area contributed by atoms with Crippen molar-refractivity contribution in [3.63, 3.8) is 0 Å². The maximum atomic E-state index is 13.5. The Bertz CT molecular complexity index is 1070. The van der Waals surface area contributed by atoms with Crippen molar-refractivity contribution in [2.45, 2.75) is 24.4 Å². The van der Waals surface area contributed by atoms with Crippen LogP contribution in [0.3, 0.4) is 0 Å². The summed E-state index contributed by atoms with van der Waals surface area (Å²) in [6.45, 7) is 0. The molecule has 1 heterocycles. The zero-order valence-electron chi connectivity index (χ0n) is 15.8. The van der Waals surface area contributed by atoms with Crippen LogP contribution in [0.5, 0.6) is 11.5 Å². The minimum Gasteiger partial charge on any atom is -0.457 e. The molecule has 4 nitrogen and oxygen atoms in total. The quantitative estimate of drug-likeness (QED) is 0.388. The van der Waals surface area contributed by atoms with Gasteiger partial charge in [-0.25, -0.2) is 4.90 Å². The van der Waals surface area contributed by atoms with E-state index < -0.39 is 64.6 Å². The largest absolute Gasteiger partial charge is 0.457 e. The van der Waals surface area contributed by atoms with Gasteiger partial charge in [0.05, 0.1) is 5.69 Å². The number of imide groups is 1. The van der Waals surface area contributed by atoms with Crippen molar-refractivity contribution < 1.29 is 53.8 Å². The Labute approximate surface area is 178 Å². The molecule has 0 radical (unpaired) electrons. The van der Waals surface area contributed by atoms with Gasteiger partial charge in [-0.1, -0.05) is 12.1 Å². The fourth-order valence-electron chi connectivity index (χ4n) is 3.04. The number of rotatable bonds is 4. The summed E-state index contributed by atoms with van der Waals surface area (Å²) in [4.78, 5) is 23.9. The van der Waals surface area contributed by atoms with E-state index in [1.807, 2.05) is 0 Å². The number of benzene rings is 2. The van der Waals surface area contributed by atoms with Crippen LogP contribution in [-0.4, -0.2) is 24.2 Å². The van der Waals surface area contributed by atoms with Gasteiger partial charge in [0.2, 0.25) is 0 Å². The van der Waals surface area contributed by atoms with Gasteiger partial charge in [0.25, 0.3) is 11.8 Å². The third-order valence-electron chi connectivity index (χ3n) is 4.43. The maximum absolute atomic E-state index is 13.5. The van der Waals surface area contributed by atoms with Gasteiger partial charge in [-0.15, -0.1) is 0 Å². The van der Waals surface area contributed by atoms with E-state index in [1.165, 1.54) is 0 Å². The molecular weight excluding hydrogens is 473 g/mol. The molecule has 2 amide bonds. The molecule has 2 aromatic carbocycles. The first-order chi connectivity index (χ1) is 15.1. The van der Waals surface area contributed by atoms with Crippen molar-refractivity contribution in [1.82, 2.24) is 0 Å². The minimum absolute atomic E-state index is 0.414. The number of anilines is 1. The molecule has 0 unspecified atom stereocenters. The van der Waals surface area contributed by atoms with Crippen LogP contribution in [0.2, 0.25) is 0 Å². The van der Waals surface area contributed by atoms with Crippen molar-refractivity contribution in [1.29, 1.82) is 0 Å². The summed E-state index contributed by atoms with van der Waals surface area (Å²) in [6.07, 6.45) is -14.6. The molecule has 0 spiro atoms. The Balaban J connectivity index is 1.93. The monoisotopic (exact) mass is 483 g/mol. The molecule has 1 aliphatic heterocycles. The third-order valence-corrected chi connectivity index (χ3v) is 4.43. The first kappa shape index (κ1) is 24.1. The van der Waals surface area contributed by atoms with Crippen LogP contribution >= 0.6 is 0 Å². The number of carbonyl (C=O) groups excluding carboxylic acids is 2. The summed E-state index contributed by atoms with van der Waals surface area (Å²) in [7, 11) is 0. The summed E-state index contributed by atoms with van der Waals surface area (Å²) in [6, 6.07) is 4.38. The van der Waals surface area contributed by atoms with Crippen LogP contribution in [0.4, 0.5) is 45.2 Å². The molecule has 0 N–H and O–H groups in total. The van der Waals surface area contributed by atoms with E-state index in [1.54, 1.807) is 0 Å². The van der Waals surface area contributed by atoms with Crippen molar-refractivity contribution in [3.05, 3.63) is 65.7 Å². The molecule has 2 aromatic rings. The average Bonchev–Trinajstić information content (AvgIpc) is 2.99. The summed E-state index contributed by atoms with van der Waals surface area (Å²) in [5.41, 5.74) is -3.02. The average molecular weight is 483 g/mol. The summed E-state index contributed by atoms with van der Waals surface area (Å²) >= 11 is 0. The highest BCUT2D eigenvalue weighted by atomic mass is 19.4. The molecule has 0 atom stereocenters. The number of alkyl halides is 9. The first-order valence-corrected chi connectivity index (χ1v) is 8.77. The molecule has 0 aromatic heterocycles. The van der Waals surface area contributed by atoms with Gasteiger partial charge in [-0.2, -0.15) is 39.5 Å². The molecule has 0 saturated heterocycles. The lowest BCUT2D eigenvalue weighted by molar-refractivity contribution is -0.253. The van der Waals surface area contributed by atoms with E-state index in [0.717, 1.165) is 24.3 Å². The van der Waals surface area contributed by atoms with Crippen molar-refractivity contribution in [2.24, 2.45) is 0 Å². The number of halogens is 9. The van der Waals surface area contributed by atoms with E-state index in [4.69, 9.17) is 4.74 Å². The highest BCUT2D eigenvalue weighted by molar-refractivity contribution is 6.28. The van der Waals surface area contributed by atoms with E-state index in [-0.39, 0.29) is 0 Å². The predicted molar refractivity (Wildman–Crippen MR) is 94.4 cm³/mol. The van der Waals surface area contributed by atoms with Crippen LogP contribution in [0.15, 0.2) is 54.6 Å². The molecule has 33 heavy (non-hydrogen) atoms. The molecular formula is C20H10F9NO3. The molecule has 0 fully saturated rings. The van der Waals surface area contributed by atoms with Gasteiger partial charge < -0.3 is 4.74 Å². The minimum atomic E-state index is -5.64. The summed E-state index contributed by atoms with van der Waals surface area (Å²) < 4.78 is 122. The van der Waals surface area contributed by atoms with Gasteiger partial charge >= 0.3 is 18.5 Å². The Morgan fingerprint density at radius 1 is 0.727 bits per heavy atom. The topological polar surface area (TPSA) is 46.6 Å². The molecule has 3 rings (SSSR count). The standard InChI is InChI=1S/C20H10F9NO3/c21-18(22,23)13-9-11(30-15(31)7-8-16(30)32)3-6-14(13)33-12-4-1-10(2-5-12)17(19(24,25)26)20(27,28)29/h1-9,17H. The van der Waals surface area contributed by atoms with Crippen LogP contribution in [0.25, 0.3) is 0 Å². The highest BCUT2D eigenvalue weighted by Crippen LogP contribution is 2.47. The van der Waals surface area contributed by atoms with Crippen molar-refractivity contribution in [2.75, 3.05) is 4.90 Å². The number of ether oxygens (including phenoxy) is 1. The zero-order chi connectivity index (χ0) is 24.8.